The standard InChI is InChI=1S/C16H20N2O3/c19-10-8-12-5-3-4-9-18(12)16(20)11-14-13-6-1-2-7-15(13)21-17-14/h1-2,6-7,12,19H,3-5,8-11H2. The average molecular weight is 288 g/mol. The summed E-state index contributed by atoms with van der Waals surface area (Å²) in [6.45, 7) is 0.903. The van der Waals surface area contributed by atoms with Crippen molar-refractivity contribution in [2.75, 3.05) is 13.2 Å². The van der Waals surface area contributed by atoms with Crippen molar-refractivity contribution >= 4 is 16.9 Å². The van der Waals surface area contributed by atoms with Crippen LogP contribution < -0.4 is 0 Å². The lowest BCUT2D eigenvalue weighted by atomic mass is 9.99. The van der Waals surface area contributed by atoms with Gasteiger partial charge >= 0.3 is 0 Å². The molecule has 2 heterocycles. The summed E-state index contributed by atoms with van der Waals surface area (Å²) in [5.41, 5.74) is 1.41. The van der Waals surface area contributed by atoms with Crippen LogP contribution in [0.5, 0.6) is 0 Å². The summed E-state index contributed by atoms with van der Waals surface area (Å²) in [6.07, 6.45) is 4.06. The average Bonchev–Trinajstić information content (AvgIpc) is 2.91. The molecule has 0 spiro atoms. The van der Waals surface area contributed by atoms with E-state index in [0.29, 0.717) is 17.7 Å². The maximum Gasteiger partial charge on any atom is 0.228 e. The summed E-state index contributed by atoms with van der Waals surface area (Å²) in [7, 11) is 0. The Balaban J connectivity index is 1.75. The number of fused-ring (bicyclic) bond motifs is 1. The van der Waals surface area contributed by atoms with Crippen molar-refractivity contribution in [1.82, 2.24) is 10.1 Å². The summed E-state index contributed by atoms with van der Waals surface area (Å²) in [5.74, 6) is 0.0761. The normalized spacial score (nSPS) is 19.1. The van der Waals surface area contributed by atoms with E-state index in [1.165, 1.54) is 0 Å². The van der Waals surface area contributed by atoms with Gasteiger partial charge in [0, 0.05) is 24.6 Å². The fourth-order valence-electron chi connectivity index (χ4n) is 3.09. The largest absolute Gasteiger partial charge is 0.396 e. The van der Waals surface area contributed by atoms with Gasteiger partial charge in [0.25, 0.3) is 0 Å². The first-order valence-electron chi connectivity index (χ1n) is 7.53. The number of carbonyl (C=O) groups excluding carboxylic acids is 1. The molecule has 112 valence electrons. The van der Waals surface area contributed by atoms with Crippen molar-refractivity contribution in [3.63, 3.8) is 0 Å². The Morgan fingerprint density at radius 3 is 3.10 bits per heavy atom. The Morgan fingerprint density at radius 2 is 2.24 bits per heavy atom. The molecule has 1 atom stereocenters. The van der Waals surface area contributed by atoms with Gasteiger partial charge in [0.2, 0.25) is 5.91 Å². The predicted molar refractivity (Wildman–Crippen MR) is 78.8 cm³/mol. The summed E-state index contributed by atoms with van der Waals surface area (Å²) in [4.78, 5) is 14.5. The molecule has 5 nitrogen and oxygen atoms in total. The smallest absolute Gasteiger partial charge is 0.228 e. The van der Waals surface area contributed by atoms with Crippen LogP contribution in [0.15, 0.2) is 28.8 Å². The van der Waals surface area contributed by atoms with Crippen LogP contribution in [0.2, 0.25) is 0 Å². The molecule has 0 bridgehead atoms. The molecule has 1 aromatic heterocycles. The maximum atomic E-state index is 12.6. The number of carbonyl (C=O) groups is 1. The van der Waals surface area contributed by atoms with E-state index in [0.717, 1.165) is 31.2 Å². The number of hydrogen-bond acceptors (Lipinski definition) is 4. The van der Waals surface area contributed by atoms with Gasteiger partial charge in [0.1, 0.15) is 5.69 Å². The molecule has 1 unspecified atom stereocenters. The molecule has 21 heavy (non-hydrogen) atoms. The zero-order chi connectivity index (χ0) is 14.7. The summed E-state index contributed by atoms with van der Waals surface area (Å²) >= 11 is 0. The third-order valence-electron chi connectivity index (χ3n) is 4.18. The molecule has 0 saturated carbocycles. The van der Waals surface area contributed by atoms with Crippen LogP contribution >= 0.6 is 0 Å². The van der Waals surface area contributed by atoms with E-state index < -0.39 is 0 Å². The predicted octanol–water partition coefficient (Wildman–Crippen LogP) is 2.13. The molecule has 1 fully saturated rings. The van der Waals surface area contributed by atoms with Gasteiger partial charge in [0.05, 0.1) is 6.42 Å². The van der Waals surface area contributed by atoms with E-state index in [2.05, 4.69) is 5.16 Å². The van der Waals surface area contributed by atoms with Crippen LogP contribution in [-0.4, -0.2) is 40.3 Å². The number of aliphatic hydroxyl groups is 1. The number of rotatable bonds is 4. The minimum atomic E-state index is 0.0761. The van der Waals surface area contributed by atoms with Gasteiger partial charge in [-0.15, -0.1) is 0 Å². The quantitative estimate of drug-likeness (QED) is 0.936. The molecular weight excluding hydrogens is 268 g/mol. The molecule has 2 aromatic rings. The third kappa shape index (κ3) is 2.93. The molecule has 1 saturated heterocycles. The molecule has 1 N–H and O–H groups in total. The Bertz CT molecular complexity index is 621. The van der Waals surface area contributed by atoms with Crippen molar-refractivity contribution in [1.29, 1.82) is 0 Å². The number of hydrogen-bond donors (Lipinski definition) is 1. The molecule has 1 amide bonds. The highest BCUT2D eigenvalue weighted by Crippen LogP contribution is 2.23. The number of benzene rings is 1. The van der Waals surface area contributed by atoms with Gasteiger partial charge in [-0.1, -0.05) is 17.3 Å². The van der Waals surface area contributed by atoms with Crippen LogP contribution in [0.25, 0.3) is 11.0 Å². The van der Waals surface area contributed by atoms with Gasteiger partial charge in [-0.25, -0.2) is 0 Å². The molecule has 0 radical (unpaired) electrons. The Kier molecular flexibility index (Phi) is 4.20. The molecule has 1 aromatic carbocycles. The van der Waals surface area contributed by atoms with E-state index in [-0.39, 0.29) is 25.0 Å². The molecular formula is C16H20N2O3. The lowest BCUT2D eigenvalue weighted by Crippen LogP contribution is -2.44. The van der Waals surface area contributed by atoms with Crippen molar-refractivity contribution < 1.29 is 14.4 Å². The van der Waals surface area contributed by atoms with E-state index in [1.807, 2.05) is 29.2 Å². The second kappa shape index (κ2) is 6.26. The van der Waals surface area contributed by atoms with Crippen LogP contribution in [0.3, 0.4) is 0 Å². The first kappa shape index (κ1) is 14.1. The summed E-state index contributed by atoms with van der Waals surface area (Å²) < 4.78 is 5.25. The lowest BCUT2D eigenvalue weighted by Gasteiger charge is -2.35. The number of aromatic nitrogens is 1. The highest BCUT2D eigenvalue weighted by molar-refractivity contribution is 5.86. The van der Waals surface area contributed by atoms with E-state index >= 15 is 0 Å². The number of likely N-dealkylation sites (tertiary alicyclic amines) is 1. The molecule has 1 aliphatic heterocycles. The minimum Gasteiger partial charge on any atom is -0.396 e. The van der Waals surface area contributed by atoms with Crippen LogP contribution in [-0.2, 0) is 11.2 Å². The molecule has 0 aliphatic carbocycles. The number of nitrogens with zero attached hydrogens (tertiary/aromatic N) is 2. The number of piperidine rings is 1. The van der Waals surface area contributed by atoms with Crippen LogP contribution in [0.4, 0.5) is 0 Å². The molecule has 5 heteroatoms. The fraction of sp³-hybridized carbons (Fsp3) is 0.500. The molecule has 1 aliphatic rings. The highest BCUT2D eigenvalue weighted by atomic mass is 16.5. The van der Waals surface area contributed by atoms with Crippen molar-refractivity contribution in [3.05, 3.63) is 30.0 Å². The summed E-state index contributed by atoms with van der Waals surface area (Å²) in [5, 5.41) is 14.1. The van der Waals surface area contributed by atoms with Gasteiger partial charge in [0.15, 0.2) is 5.58 Å². The zero-order valence-corrected chi connectivity index (χ0v) is 12.0. The SMILES string of the molecule is O=C(Cc1noc2ccccc12)N1CCCCC1CCO. The maximum absolute atomic E-state index is 12.6. The van der Waals surface area contributed by atoms with Crippen molar-refractivity contribution in [2.24, 2.45) is 0 Å². The monoisotopic (exact) mass is 288 g/mol. The van der Waals surface area contributed by atoms with Crippen LogP contribution in [0.1, 0.15) is 31.4 Å². The third-order valence-corrected chi connectivity index (χ3v) is 4.18. The minimum absolute atomic E-state index is 0.0761. The van der Waals surface area contributed by atoms with E-state index in [9.17, 15) is 4.79 Å². The number of para-hydroxylation sites is 1. The van der Waals surface area contributed by atoms with Gasteiger partial charge in [-0.05, 0) is 37.8 Å². The first-order chi connectivity index (χ1) is 10.3. The van der Waals surface area contributed by atoms with Gasteiger partial charge < -0.3 is 14.5 Å². The summed E-state index contributed by atoms with van der Waals surface area (Å²) in [6, 6.07) is 7.75. The Morgan fingerprint density at radius 1 is 1.38 bits per heavy atom. The zero-order valence-electron chi connectivity index (χ0n) is 12.0. The van der Waals surface area contributed by atoms with Gasteiger partial charge in [-0.3, -0.25) is 4.79 Å². The fourth-order valence-corrected chi connectivity index (χ4v) is 3.09. The molecule has 3 rings (SSSR count). The second-order valence-electron chi connectivity index (χ2n) is 5.55. The topological polar surface area (TPSA) is 66.6 Å². The Hall–Kier alpha value is -1.88. The Labute approximate surface area is 123 Å². The number of aliphatic hydroxyl groups excluding tert-OH is 1. The lowest BCUT2D eigenvalue weighted by molar-refractivity contribution is -0.134. The van der Waals surface area contributed by atoms with Gasteiger partial charge in [-0.2, -0.15) is 0 Å². The first-order valence-corrected chi connectivity index (χ1v) is 7.53. The van der Waals surface area contributed by atoms with Crippen LogP contribution in [0, 0.1) is 0 Å². The highest BCUT2D eigenvalue weighted by Gasteiger charge is 2.27. The van der Waals surface area contributed by atoms with E-state index in [4.69, 9.17) is 9.63 Å². The van der Waals surface area contributed by atoms with E-state index in [1.54, 1.807) is 0 Å². The van der Waals surface area contributed by atoms with Crippen molar-refractivity contribution in [3.8, 4) is 0 Å². The van der Waals surface area contributed by atoms with Crippen molar-refractivity contribution in [2.45, 2.75) is 38.1 Å². The second-order valence-corrected chi connectivity index (χ2v) is 5.55. The number of amides is 1.